The third-order valence-electron chi connectivity index (χ3n) is 7.70. The van der Waals surface area contributed by atoms with Gasteiger partial charge in [0.2, 0.25) is 0 Å². The number of amides is 2. The second-order valence-electron chi connectivity index (χ2n) is 10.8. The fourth-order valence-corrected chi connectivity index (χ4v) is 5.50. The number of nitrogens with one attached hydrogen (secondary N) is 2. The minimum atomic E-state index is -5.02. The number of hydrogen-bond acceptors (Lipinski definition) is 5. The van der Waals surface area contributed by atoms with Crippen LogP contribution in [-0.2, 0) is 38.4 Å². The first-order chi connectivity index (χ1) is 20.7. The van der Waals surface area contributed by atoms with Crippen molar-refractivity contribution in [1.29, 1.82) is 0 Å². The van der Waals surface area contributed by atoms with Gasteiger partial charge in [0.25, 0.3) is 11.8 Å². The van der Waals surface area contributed by atoms with Gasteiger partial charge in [-0.1, -0.05) is 24.3 Å². The lowest BCUT2D eigenvalue weighted by Crippen LogP contribution is -2.49. The normalized spacial score (nSPS) is 17.2. The number of rotatable bonds is 8. The Bertz CT molecular complexity index is 1540. The molecular weight excluding hydrogens is 592 g/mol. The highest BCUT2D eigenvalue weighted by Crippen LogP contribution is 2.38. The predicted octanol–water partition coefficient (Wildman–Crippen LogP) is 5.08. The highest BCUT2D eigenvalue weighted by molar-refractivity contribution is 6.03. The summed E-state index contributed by atoms with van der Waals surface area (Å²) in [6, 6.07) is 11.5. The Morgan fingerprint density at radius 1 is 1.02 bits per heavy atom. The van der Waals surface area contributed by atoms with Crippen LogP contribution in [0.25, 0.3) is 0 Å². The lowest BCUT2D eigenvalue weighted by molar-refractivity contribution is -0.143. The molecule has 13 heteroatoms. The van der Waals surface area contributed by atoms with E-state index in [1.165, 1.54) is 12.1 Å². The summed E-state index contributed by atoms with van der Waals surface area (Å²) < 4.78 is 85.6. The third kappa shape index (κ3) is 6.68. The first kappa shape index (κ1) is 31.3. The van der Waals surface area contributed by atoms with Crippen molar-refractivity contribution in [3.63, 3.8) is 0 Å². The molecule has 0 aliphatic carbocycles. The highest BCUT2D eigenvalue weighted by Gasteiger charge is 2.38. The predicted molar refractivity (Wildman–Crippen MR) is 147 cm³/mol. The largest absolute Gasteiger partial charge is 0.493 e. The standard InChI is InChI=1S/C31H29F6N3O4/c1-2-44-27-12-23-20(9-24(27)28(42)39-14-26(41)25-10-18-5-3-4-6-19(18)13-38-25)16-40(29(23)43)15-17-7-21(30(32,33)34)11-22(8-17)31(35,36)37/h3-9,11-12,25-26,38,41H,2,10,13-16H2,1H3,(H,39,42). The molecule has 2 unspecified atom stereocenters. The summed E-state index contributed by atoms with van der Waals surface area (Å²) in [5.74, 6) is -1.13. The molecule has 3 N–H and O–H groups in total. The van der Waals surface area contributed by atoms with E-state index in [4.69, 9.17) is 4.74 Å². The van der Waals surface area contributed by atoms with Crippen LogP contribution < -0.4 is 15.4 Å². The van der Waals surface area contributed by atoms with Gasteiger partial charge in [0.15, 0.2) is 0 Å². The van der Waals surface area contributed by atoms with Gasteiger partial charge in [0.1, 0.15) is 5.75 Å². The smallest absolute Gasteiger partial charge is 0.416 e. The van der Waals surface area contributed by atoms with Crippen molar-refractivity contribution in [1.82, 2.24) is 15.5 Å². The van der Waals surface area contributed by atoms with E-state index in [1.807, 2.05) is 24.3 Å². The number of carbonyl (C=O) groups is 2. The number of ether oxygens (including phenoxy) is 1. The minimum absolute atomic E-state index is 0.0312. The van der Waals surface area contributed by atoms with Gasteiger partial charge in [-0.2, -0.15) is 26.3 Å². The Morgan fingerprint density at radius 2 is 1.68 bits per heavy atom. The van der Waals surface area contributed by atoms with E-state index in [9.17, 15) is 41.0 Å². The molecule has 2 atom stereocenters. The van der Waals surface area contributed by atoms with E-state index in [1.54, 1.807) is 6.92 Å². The number of aliphatic hydroxyl groups is 1. The molecule has 44 heavy (non-hydrogen) atoms. The molecule has 0 radical (unpaired) electrons. The molecule has 0 spiro atoms. The number of halogens is 6. The van der Waals surface area contributed by atoms with Crippen LogP contribution in [0, 0.1) is 0 Å². The molecule has 3 aromatic rings. The number of alkyl halides is 6. The van der Waals surface area contributed by atoms with Gasteiger partial charge in [-0.05, 0) is 65.9 Å². The minimum Gasteiger partial charge on any atom is -0.493 e. The van der Waals surface area contributed by atoms with Crippen LogP contribution in [0.2, 0.25) is 0 Å². The fraction of sp³-hybridized carbons (Fsp3) is 0.355. The van der Waals surface area contributed by atoms with Crippen molar-refractivity contribution in [2.75, 3.05) is 13.2 Å². The van der Waals surface area contributed by atoms with Crippen molar-refractivity contribution >= 4 is 11.8 Å². The van der Waals surface area contributed by atoms with Crippen LogP contribution in [0.4, 0.5) is 26.3 Å². The maximum Gasteiger partial charge on any atom is 0.416 e. The summed E-state index contributed by atoms with van der Waals surface area (Å²) in [6.45, 7) is 1.65. The van der Waals surface area contributed by atoms with E-state index in [-0.39, 0.29) is 54.2 Å². The van der Waals surface area contributed by atoms with Gasteiger partial charge in [-0.25, -0.2) is 0 Å². The Balaban J connectivity index is 1.32. The molecule has 0 saturated carbocycles. The molecule has 0 aromatic heterocycles. The van der Waals surface area contributed by atoms with Gasteiger partial charge < -0.3 is 25.4 Å². The molecule has 234 valence electrons. The Hall–Kier alpha value is -4.10. The molecule has 0 bridgehead atoms. The first-order valence-corrected chi connectivity index (χ1v) is 13.9. The maximum absolute atomic E-state index is 13.3. The molecule has 0 fully saturated rings. The number of benzene rings is 3. The first-order valence-electron chi connectivity index (χ1n) is 13.9. The van der Waals surface area contributed by atoms with Gasteiger partial charge in [-0.15, -0.1) is 0 Å². The number of carbonyl (C=O) groups excluding carboxylic acids is 2. The van der Waals surface area contributed by atoms with E-state index < -0.39 is 47.9 Å². The summed E-state index contributed by atoms with van der Waals surface area (Å²) in [5.41, 5.74) is -0.490. The van der Waals surface area contributed by atoms with Crippen molar-refractivity contribution in [3.8, 4) is 5.75 Å². The van der Waals surface area contributed by atoms with Crippen molar-refractivity contribution in [3.05, 3.63) is 99.1 Å². The highest BCUT2D eigenvalue weighted by atomic mass is 19.4. The van der Waals surface area contributed by atoms with E-state index in [2.05, 4.69) is 10.6 Å². The molecule has 7 nitrogen and oxygen atoms in total. The van der Waals surface area contributed by atoms with Gasteiger partial charge in [0.05, 0.1) is 29.4 Å². The monoisotopic (exact) mass is 621 g/mol. The molecule has 3 aromatic carbocycles. The average Bonchev–Trinajstić information content (AvgIpc) is 3.27. The summed E-state index contributed by atoms with van der Waals surface area (Å²) in [4.78, 5) is 27.5. The van der Waals surface area contributed by atoms with Crippen LogP contribution in [0.1, 0.15) is 61.0 Å². The number of aliphatic hydroxyl groups excluding tert-OH is 1. The lowest BCUT2D eigenvalue weighted by Gasteiger charge is -2.30. The zero-order valence-electron chi connectivity index (χ0n) is 23.5. The Kier molecular flexibility index (Phi) is 8.63. The summed E-state index contributed by atoms with van der Waals surface area (Å²) in [5, 5.41) is 16.7. The zero-order valence-corrected chi connectivity index (χ0v) is 23.5. The van der Waals surface area contributed by atoms with Crippen LogP contribution in [0.3, 0.4) is 0 Å². The Labute approximate surface area is 248 Å². The van der Waals surface area contributed by atoms with Crippen molar-refractivity contribution in [2.24, 2.45) is 0 Å². The number of hydrogen-bond donors (Lipinski definition) is 3. The van der Waals surface area contributed by atoms with Crippen LogP contribution in [0.15, 0.2) is 54.6 Å². The van der Waals surface area contributed by atoms with Crippen LogP contribution >= 0.6 is 0 Å². The lowest BCUT2D eigenvalue weighted by atomic mass is 9.93. The van der Waals surface area contributed by atoms with E-state index in [0.717, 1.165) is 16.0 Å². The molecule has 2 aliphatic rings. The van der Waals surface area contributed by atoms with Crippen LogP contribution in [-0.4, -0.2) is 47.1 Å². The summed E-state index contributed by atoms with van der Waals surface area (Å²) in [6.07, 6.45) is -10.4. The van der Waals surface area contributed by atoms with Crippen molar-refractivity contribution < 1.29 is 45.8 Å². The Morgan fingerprint density at radius 3 is 2.32 bits per heavy atom. The van der Waals surface area contributed by atoms with Gasteiger partial charge >= 0.3 is 12.4 Å². The molecule has 2 heterocycles. The fourth-order valence-electron chi connectivity index (χ4n) is 5.50. The zero-order chi connectivity index (χ0) is 31.8. The average molecular weight is 622 g/mol. The molecular formula is C31H29F6N3O4. The third-order valence-corrected chi connectivity index (χ3v) is 7.70. The molecule has 2 aliphatic heterocycles. The van der Waals surface area contributed by atoms with Crippen LogP contribution in [0.5, 0.6) is 5.75 Å². The summed E-state index contributed by atoms with van der Waals surface area (Å²) in [7, 11) is 0. The van der Waals surface area contributed by atoms with Gasteiger partial charge in [0, 0.05) is 37.8 Å². The molecule has 5 rings (SSSR count). The quantitative estimate of drug-likeness (QED) is 0.305. The topological polar surface area (TPSA) is 90.9 Å². The maximum atomic E-state index is 13.3. The second-order valence-corrected chi connectivity index (χ2v) is 10.8. The van der Waals surface area contributed by atoms with E-state index in [0.29, 0.717) is 30.7 Å². The number of nitrogens with zero attached hydrogens (tertiary/aromatic N) is 1. The van der Waals surface area contributed by atoms with E-state index >= 15 is 0 Å². The SMILES string of the molecule is CCOc1cc2c(cc1C(=O)NCC(O)C1Cc3ccccc3CN1)CN(Cc1cc(C(F)(F)F)cc(C(F)(F)F)c1)C2=O. The summed E-state index contributed by atoms with van der Waals surface area (Å²) >= 11 is 0. The van der Waals surface area contributed by atoms with Gasteiger partial charge in [-0.3, -0.25) is 9.59 Å². The number of fused-ring (bicyclic) bond motifs is 2. The molecule has 0 saturated heterocycles. The van der Waals surface area contributed by atoms with Crippen molar-refractivity contribution in [2.45, 2.75) is 57.5 Å². The second kappa shape index (κ2) is 12.1. The molecule has 2 amide bonds.